The molecular weight excluding hydrogens is 451 g/mol. The number of hydrazine groups is 1. The van der Waals surface area contributed by atoms with Crippen LogP contribution in [0.2, 0.25) is 5.28 Å². The lowest BCUT2D eigenvalue weighted by molar-refractivity contribution is -0.141. The first-order valence-corrected chi connectivity index (χ1v) is 9.75. The Bertz CT molecular complexity index is 1220. The molecule has 32 heavy (non-hydrogen) atoms. The van der Waals surface area contributed by atoms with E-state index in [1.165, 1.54) is 13.2 Å². The van der Waals surface area contributed by atoms with E-state index in [4.69, 9.17) is 16.3 Å². The second-order valence-corrected chi connectivity index (χ2v) is 7.17. The summed E-state index contributed by atoms with van der Waals surface area (Å²) in [4.78, 5) is 37.2. The Kier molecular flexibility index (Phi) is 5.59. The molecule has 0 saturated carbocycles. The zero-order valence-corrected chi connectivity index (χ0v) is 17.3. The van der Waals surface area contributed by atoms with Gasteiger partial charge in [0, 0.05) is 30.7 Å². The second-order valence-electron chi connectivity index (χ2n) is 6.84. The minimum atomic E-state index is -4.93. The summed E-state index contributed by atoms with van der Waals surface area (Å²) < 4.78 is 45.6. The zero-order chi connectivity index (χ0) is 23.0. The third-order valence-corrected chi connectivity index (χ3v) is 5.06. The van der Waals surface area contributed by atoms with Crippen LogP contribution in [0.1, 0.15) is 33.0 Å². The zero-order valence-electron chi connectivity index (χ0n) is 16.6. The smallest absolute Gasteiger partial charge is 0.434 e. The van der Waals surface area contributed by atoms with Gasteiger partial charge in [0.2, 0.25) is 5.28 Å². The first-order valence-electron chi connectivity index (χ1n) is 9.38. The minimum absolute atomic E-state index is 0.0105. The maximum atomic E-state index is 13.4. The summed E-state index contributed by atoms with van der Waals surface area (Å²) in [7, 11) is 1.45. The lowest BCUT2D eigenvalue weighted by Gasteiger charge is -2.28. The Hall–Kier alpha value is -3.47. The summed E-state index contributed by atoms with van der Waals surface area (Å²) >= 11 is 5.49. The number of amides is 2. The van der Waals surface area contributed by atoms with Crippen LogP contribution in [-0.4, -0.2) is 57.0 Å². The summed E-state index contributed by atoms with van der Waals surface area (Å²) in [5, 5.41) is 2.05. The van der Waals surface area contributed by atoms with Crippen molar-refractivity contribution in [1.82, 2.24) is 25.0 Å². The second kappa shape index (κ2) is 8.23. The molecule has 0 N–H and O–H groups in total. The number of rotatable bonds is 3. The van der Waals surface area contributed by atoms with Crippen molar-refractivity contribution in [3.05, 3.63) is 58.8 Å². The molecule has 0 bridgehead atoms. The number of carbonyl (C=O) groups excluding carboxylic acids is 2. The van der Waals surface area contributed by atoms with Gasteiger partial charge in [-0.05, 0) is 30.2 Å². The number of para-hydroxylation sites is 1. The molecule has 12 heteroatoms. The quantitative estimate of drug-likeness (QED) is 0.549. The maximum Gasteiger partial charge on any atom is 0.434 e. The van der Waals surface area contributed by atoms with E-state index < -0.39 is 34.5 Å². The monoisotopic (exact) mass is 465 g/mol. The van der Waals surface area contributed by atoms with Crippen LogP contribution in [0.25, 0.3) is 10.9 Å². The number of fused-ring (bicyclic) bond motifs is 1. The van der Waals surface area contributed by atoms with Crippen molar-refractivity contribution in [2.45, 2.75) is 12.6 Å². The summed E-state index contributed by atoms with van der Waals surface area (Å²) in [6.45, 7) is 0.159. The van der Waals surface area contributed by atoms with Gasteiger partial charge in [-0.2, -0.15) is 13.2 Å². The SMILES string of the molecule is COc1cc(C(=O)N2CCCN2C(=O)c2cnc(Cl)nc2C(F)(F)F)nc2ccccc12. The number of methoxy groups -OCH3 is 1. The summed E-state index contributed by atoms with van der Waals surface area (Å²) in [5.74, 6) is -1.31. The van der Waals surface area contributed by atoms with Gasteiger partial charge >= 0.3 is 6.18 Å². The summed E-state index contributed by atoms with van der Waals surface area (Å²) in [6, 6.07) is 8.44. The molecule has 0 spiro atoms. The van der Waals surface area contributed by atoms with E-state index in [9.17, 15) is 22.8 Å². The largest absolute Gasteiger partial charge is 0.496 e. The van der Waals surface area contributed by atoms with Gasteiger partial charge < -0.3 is 4.74 Å². The molecule has 2 amide bonds. The predicted molar refractivity (Wildman–Crippen MR) is 107 cm³/mol. The lowest BCUT2D eigenvalue weighted by Crippen LogP contribution is -2.45. The fourth-order valence-corrected chi connectivity index (χ4v) is 3.59. The van der Waals surface area contributed by atoms with Crippen LogP contribution in [0.5, 0.6) is 5.75 Å². The van der Waals surface area contributed by atoms with Crippen LogP contribution < -0.4 is 4.74 Å². The number of nitrogens with zero attached hydrogens (tertiary/aromatic N) is 5. The van der Waals surface area contributed by atoms with Crippen LogP contribution in [0.15, 0.2) is 36.5 Å². The van der Waals surface area contributed by atoms with E-state index in [1.54, 1.807) is 24.3 Å². The Morgan fingerprint density at radius 2 is 1.78 bits per heavy atom. The van der Waals surface area contributed by atoms with Crippen molar-refractivity contribution in [2.75, 3.05) is 20.2 Å². The summed E-state index contributed by atoms with van der Waals surface area (Å²) in [5.41, 5.74) is -1.78. The van der Waals surface area contributed by atoms with Gasteiger partial charge in [-0.1, -0.05) is 12.1 Å². The highest BCUT2D eigenvalue weighted by atomic mass is 35.5. The molecule has 0 atom stereocenters. The van der Waals surface area contributed by atoms with E-state index in [2.05, 4.69) is 15.0 Å². The standard InChI is InChI=1S/C20H15ClF3N5O3/c1-32-15-9-14(26-13-6-3-2-5-11(13)15)18(31)29-8-4-7-28(29)17(30)12-10-25-19(21)27-16(12)20(22,23)24/h2-3,5-6,9-10H,4,7-8H2,1H3. The average Bonchev–Trinajstić information content (AvgIpc) is 3.26. The lowest BCUT2D eigenvalue weighted by atomic mass is 10.1. The fourth-order valence-electron chi connectivity index (χ4n) is 3.46. The van der Waals surface area contributed by atoms with Crippen molar-refractivity contribution in [3.63, 3.8) is 0 Å². The Morgan fingerprint density at radius 3 is 2.47 bits per heavy atom. The molecular formula is C20H15ClF3N5O3. The number of ether oxygens (including phenoxy) is 1. The number of alkyl halides is 3. The third-order valence-electron chi connectivity index (χ3n) is 4.88. The topological polar surface area (TPSA) is 88.5 Å². The number of carbonyl (C=O) groups is 2. The van der Waals surface area contributed by atoms with Crippen LogP contribution in [-0.2, 0) is 6.18 Å². The molecule has 0 aliphatic carbocycles. The highest BCUT2D eigenvalue weighted by Crippen LogP contribution is 2.32. The fraction of sp³-hybridized carbons (Fsp3) is 0.250. The highest BCUT2D eigenvalue weighted by molar-refractivity contribution is 6.28. The number of benzene rings is 1. The van der Waals surface area contributed by atoms with Gasteiger partial charge in [0.15, 0.2) is 5.69 Å². The number of pyridine rings is 1. The van der Waals surface area contributed by atoms with Crippen molar-refractivity contribution < 1.29 is 27.5 Å². The molecule has 3 heterocycles. The number of aromatic nitrogens is 3. The molecule has 2 aromatic heterocycles. The molecule has 3 aromatic rings. The highest BCUT2D eigenvalue weighted by Gasteiger charge is 2.41. The summed E-state index contributed by atoms with van der Waals surface area (Å²) in [6.07, 6.45) is -3.85. The molecule has 1 saturated heterocycles. The Labute approximate surface area is 184 Å². The average molecular weight is 466 g/mol. The molecule has 4 rings (SSSR count). The first-order chi connectivity index (χ1) is 15.2. The van der Waals surface area contributed by atoms with Crippen molar-refractivity contribution in [3.8, 4) is 5.75 Å². The normalized spacial score (nSPS) is 14.2. The predicted octanol–water partition coefficient (Wildman–Crippen LogP) is 3.61. The van der Waals surface area contributed by atoms with Crippen molar-refractivity contribution in [1.29, 1.82) is 0 Å². The minimum Gasteiger partial charge on any atom is -0.496 e. The van der Waals surface area contributed by atoms with Gasteiger partial charge in [-0.25, -0.2) is 25.0 Å². The number of hydrogen-bond donors (Lipinski definition) is 0. The molecule has 1 fully saturated rings. The van der Waals surface area contributed by atoms with Crippen molar-refractivity contribution in [2.24, 2.45) is 0 Å². The molecule has 8 nitrogen and oxygen atoms in total. The van der Waals surface area contributed by atoms with Gasteiger partial charge in [0.05, 0.1) is 18.2 Å². The number of halogens is 4. The van der Waals surface area contributed by atoms with E-state index in [1.807, 2.05) is 0 Å². The Balaban J connectivity index is 1.70. The molecule has 0 unspecified atom stereocenters. The van der Waals surface area contributed by atoms with Gasteiger partial charge in [0.25, 0.3) is 11.8 Å². The maximum absolute atomic E-state index is 13.4. The van der Waals surface area contributed by atoms with Crippen LogP contribution in [0, 0.1) is 0 Å². The molecule has 1 aromatic carbocycles. The molecule has 1 aliphatic heterocycles. The van der Waals surface area contributed by atoms with Crippen LogP contribution in [0.3, 0.4) is 0 Å². The molecule has 1 aliphatic rings. The molecule has 0 radical (unpaired) electrons. The van der Waals surface area contributed by atoms with E-state index in [0.717, 1.165) is 10.0 Å². The number of hydrogen-bond acceptors (Lipinski definition) is 6. The van der Waals surface area contributed by atoms with E-state index >= 15 is 0 Å². The molecule has 166 valence electrons. The van der Waals surface area contributed by atoms with Gasteiger partial charge in [0.1, 0.15) is 11.4 Å². The van der Waals surface area contributed by atoms with Crippen LogP contribution >= 0.6 is 11.6 Å². The van der Waals surface area contributed by atoms with Crippen LogP contribution in [0.4, 0.5) is 13.2 Å². The van der Waals surface area contributed by atoms with E-state index in [-0.39, 0.29) is 18.8 Å². The van der Waals surface area contributed by atoms with Crippen molar-refractivity contribution >= 4 is 34.3 Å². The third kappa shape index (κ3) is 3.91. The van der Waals surface area contributed by atoms with Gasteiger partial charge in [-0.3, -0.25) is 9.59 Å². The Morgan fingerprint density at radius 1 is 1.09 bits per heavy atom. The van der Waals surface area contributed by atoms with E-state index in [0.29, 0.717) is 29.3 Å². The first kappa shape index (κ1) is 21.8. The van der Waals surface area contributed by atoms with Gasteiger partial charge in [-0.15, -0.1) is 0 Å².